The van der Waals surface area contributed by atoms with Crippen LogP contribution in [0.25, 0.3) is 10.9 Å². The number of benzene rings is 1. The van der Waals surface area contributed by atoms with Crippen molar-refractivity contribution in [1.82, 2.24) is 20.2 Å². The molecule has 1 aliphatic heterocycles. The fourth-order valence-corrected chi connectivity index (χ4v) is 4.95. The third-order valence-electron chi connectivity index (χ3n) is 5.46. The number of ether oxygens (including phenoxy) is 1. The van der Waals surface area contributed by atoms with Gasteiger partial charge in [0.15, 0.2) is 5.13 Å². The Labute approximate surface area is 191 Å². The van der Waals surface area contributed by atoms with E-state index in [1.54, 1.807) is 0 Å². The highest BCUT2D eigenvalue weighted by atomic mass is 32.1. The van der Waals surface area contributed by atoms with Gasteiger partial charge in [0.2, 0.25) is 11.8 Å². The predicted octanol–water partition coefficient (Wildman–Crippen LogP) is 2.92. The van der Waals surface area contributed by atoms with Gasteiger partial charge in [0, 0.05) is 55.5 Å². The number of carbonyl (C=O) groups is 2. The SMILES string of the molecule is CC(=O)N[C@H](Cc1c[nH]c2ccccc12)C(=O)Nc1nc(CN2C[C@@H](C)O[C@H](C)C2)cs1. The maximum absolute atomic E-state index is 13.0. The van der Waals surface area contributed by atoms with Gasteiger partial charge in [0.1, 0.15) is 6.04 Å². The van der Waals surface area contributed by atoms with E-state index in [4.69, 9.17) is 4.74 Å². The van der Waals surface area contributed by atoms with E-state index < -0.39 is 6.04 Å². The second kappa shape index (κ2) is 9.81. The van der Waals surface area contributed by atoms with Gasteiger partial charge in [-0.15, -0.1) is 11.3 Å². The fourth-order valence-electron chi connectivity index (χ4n) is 4.25. The third-order valence-corrected chi connectivity index (χ3v) is 6.26. The number of hydrogen-bond donors (Lipinski definition) is 3. The van der Waals surface area contributed by atoms with Gasteiger partial charge in [-0.25, -0.2) is 4.98 Å². The second-order valence-electron chi connectivity index (χ2n) is 8.40. The highest BCUT2D eigenvalue weighted by Gasteiger charge is 2.24. The third kappa shape index (κ3) is 5.53. The Morgan fingerprint density at radius 2 is 2.03 bits per heavy atom. The molecule has 2 aromatic heterocycles. The van der Waals surface area contributed by atoms with E-state index >= 15 is 0 Å². The molecule has 1 fully saturated rings. The van der Waals surface area contributed by atoms with Crippen LogP contribution in [0.1, 0.15) is 32.0 Å². The summed E-state index contributed by atoms with van der Waals surface area (Å²) in [5, 5.41) is 9.20. The molecular formula is C23H29N5O3S. The maximum Gasteiger partial charge on any atom is 0.249 e. The van der Waals surface area contributed by atoms with Crippen LogP contribution in [0.15, 0.2) is 35.8 Å². The fraction of sp³-hybridized carbons (Fsp3) is 0.435. The summed E-state index contributed by atoms with van der Waals surface area (Å²) in [6.07, 6.45) is 2.66. The molecule has 1 aromatic carbocycles. The molecule has 2 amide bonds. The van der Waals surface area contributed by atoms with Gasteiger partial charge >= 0.3 is 0 Å². The monoisotopic (exact) mass is 455 g/mol. The molecule has 3 N–H and O–H groups in total. The average molecular weight is 456 g/mol. The molecule has 32 heavy (non-hydrogen) atoms. The first-order chi connectivity index (χ1) is 15.4. The van der Waals surface area contributed by atoms with Gasteiger partial charge in [-0.3, -0.25) is 14.5 Å². The molecule has 0 bridgehead atoms. The largest absolute Gasteiger partial charge is 0.373 e. The minimum absolute atomic E-state index is 0.194. The van der Waals surface area contributed by atoms with E-state index in [1.807, 2.05) is 35.8 Å². The number of morpholine rings is 1. The number of para-hydroxylation sites is 1. The number of aromatic amines is 1. The lowest BCUT2D eigenvalue weighted by Crippen LogP contribution is -2.45. The lowest BCUT2D eigenvalue weighted by Gasteiger charge is -2.34. The van der Waals surface area contributed by atoms with Gasteiger partial charge in [0.05, 0.1) is 17.9 Å². The number of anilines is 1. The van der Waals surface area contributed by atoms with Gasteiger partial charge in [0.25, 0.3) is 0 Å². The van der Waals surface area contributed by atoms with Gasteiger partial charge in [-0.05, 0) is 25.5 Å². The van der Waals surface area contributed by atoms with E-state index in [-0.39, 0.29) is 24.0 Å². The van der Waals surface area contributed by atoms with E-state index in [0.717, 1.165) is 41.8 Å². The minimum atomic E-state index is -0.694. The zero-order chi connectivity index (χ0) is 22.7. The second-order valence-corrected chi connectivity index (χ2v) is 9.26. The summed E-state index contributed by atoms with van der Waals surface area (Å²) in [5.41, 5.74) is 2.89. The molecular weight excluding hydrogens is 426 g/mol. The van der Waals surface area contributed by atoms with E-state index in [2.05, 4.69) is 39.3 Å². The van der Waals surface area contributed by atoms with Crippen LogP contribution < -0.4 is 10.6 Å². The number of nitrogens with one attached hydrogen (secondary N) is 3. The van der Waals surface area contributed by atoms with E-state index in [0.29, 0.717) is 11.6 Å². The van der Waals surface area contributed by atoms with Crippen LogP contribution in [-0.4, -0.2) is 58.0 Å². The molecule has 9 heteroatoms. The van der Waals surface area contributed by atoms with Crippen molar-refractivity contribution in [3.8, 4) is 0 Å². The molecule has 1 saturated heterocycles. The Morgan fingerprint density at radius 3 is 2.78 bits per heavy atom. The van der Waals surface area contributed by atoms with Crippen LogP contribution >= 0.6 is 11.3 Å². The van der Waals surface area contributed by atoms with Crippen molar-refractivity contribution in [2.45, 2.75) is 52.0 Å². The van der Waals surface area contributed by atoms with E-state index in [9.17, 15) is 9.59 Å². The number of nitrogens with zero attached hydrogens (tertiary/aromatic N) is 2. The zero-order valence-corrected chi connectivity index (χ0v) is 19.4. The number of fused-ring (bicyclic) bond motifs is 1. The topological polar surface area (TPSA) is 99.3 Å². The Morgan fingerprint density at radius 1 is 1.28 bits per heavy atom. The normalized spacial score (nSPS) is 20.2. The Hall–Kier alpha value is -2.75. The van der Waals surface area contributed by atoms with Gasteiger partial charge in [-0.1, -0.05) is 18.2 Å². The smallest absolute Gasteiger partial charge is 0.249 e. The molecule has 0 aliphatic carbocycles. The number of rotatable bonds is 7. The molecule has 170 valence electrons. The lowest BCUT2D eigenvalue weighted by atomic mass is 10.0. The van der Waals surface area contributed by atoms with Crippen molar-refractivity contribution in [3.63, 3.8) is 0 Å². The van der Waals surface area contributed by atoms with Gasteiger partial charge in [-0.2, -0.15) is 0 Å². The summed E-state index contributed by atoms with van der Waals surface area (Å²) in [6, 6.07) is 7.21. The summed E-state index contributed by atoms with van der Waals surface area (Å²) in [5.74, 6) is -0.527. The summed E-state index contributed by atoms with van der Waals surface area (Å²) >= 11 is 1.40. The van der Waals surface area contributed by atoms with Crippen LogP contribution in [0.2, 0.25) is 0 Å². The zero-order valence-electron chi connectivity index (χ0n) is 18.6. The number of thiazole rings is 1. The summed E-state index contributed by atoms with van der Waals surface area (Å²) in [7, 11) is 0. The first-order valence-electron chi connectivity index (χ1n) is 10.8. The summed E-state index contributed by atoms with van der Waals surface area (Å²) in [4.78, 5) is 34.9. The number of hydrogen-bond acceptors (Lipinski definition) is 6. The molecule has 3 heterocycles. The highest BCUT2D eigenvalue weighted by molar-refractivity contribution is 7.13. The number of carbonyl (C=O) groups excluding carboxylic acids is 2. The van der Waals surface area contributed by atoms with Crippen molar-refractivity contribution in [3.05, 3.63) is 47.1 Å². The summed E-state index contributed by atoms with van der Waals surface area (Å²) < 4.78 is 5.79. The number of amides is 2. The van der Waals surface area contributed by atoms with Crippen LogP contribution in [0.3, 0.4) is 0 Å². The standard InChI is InChI=1S/C23H29N5O3S/c1-14-10-28(11-15(2)31-14)12-18-13-32-23(26-18)27-22(30)21(25-16(3)29)8-17-9-24-20-7-5-4-6-19(17)20/h4-7,9,13-15,21,24H,8,10-12H2,1-3H3,(H,25,29)(H,26,27,30)/t14-,15-,21-/m1/s1. The molecule has 0 radical (unpaired) electrons. The van der Waals surface area contributed by atoms with Crippen molar-refractivity contribution >= 4 is 39.2 Å². The number of H-pyrrole nitrogens is 1. The van der Waals surface area contributed by atoms with Crippen molar-refractivity contribution < 1.29 is 14.3 Å². The Bertz CT molecular complexity index is 1080. The van der Waals surface area contributed by atoms with Gasteiger partial charge < -0.3 is 20.4 Å². The maximum atomic E-state index is 13.0. The van der Waals surface area contributed by atoms with Crippen LogP contribution in [0, 0.1) is 0 Å². The first kappa shape index (κ1) is 22.4. The minimum Gasteiger partial charge on any atom is -0.373 e. The van der Waals surface area contributed by atoms with Crippen LogP contribution in [0.5, 0.6) is 0 Å². The average Bonchev–Trinajstić information content (AvgIpc) is 3.33. The van der Waals surface area contributed by atoms with Crippen molar-refractivity contribution in [2.24, 2.45) is 0 Å². The van der Waals surface area contributed by atoms with Crippen LogP contribution in [-0.2, 0) is 27.3 Å². The van der Waals surface area contributed by atoms with Crippen LogP contribution in [0.4, 0.5) is 5.13 Å². The lowest BCUT2D eigenvalue weighted by molar-refractivity contribution is -0.125. The highest BCUT2D eigenvalue weighted by Crippen LogP contribution is 2.22. The molecule has 4 rings (SSSR count). The molecule has 0 unspecified atom stereocenters. The quantitative estimate of drug-likeness (QED) is 0.509. The summed E-state index contributed by atoms with van der Waals surface area (Å²) in [6.45, 7) is 8.00. The van der Waals surface area contributed by atoms with Crippen molar-refractivity contribution in [1.29, 1.82) is 0 Å². The molecule has 1 aliphatic rings. The molecule has 3 aromatic rings. The number of aromatic nitrogens is 2. The van der Waals surface area contributed by atoms with Crippen molar-refractivity contribution in [2.75, 3.05) is 18.4 Å². The van der Waals surface area contributed by atoms with E-state index in [1.165, 1.54) is 18.3 Å². The Kier molecular flexibility index (Phi) is 6.88. The Balaban J connectivity index is 1.41. The predicted molar refractivity (Wildman–Crippen MR) is 126 cm³/mol. The first-order valence-corrected chi connectivity index (χ1v) is 11.7. The molecule has 8 nitrogen and oxygen atoms in total. The molecule has 0 spiro atoms. The molecule has 0 saturated carbocycles. The molecule has 3 atom stereocenters.